The summed E-state index contributed by atoms with van der Waals surface area (Å²) in [5, 5.41) is 5.22. The van der Waals surface area contributed by atoms with Gasteiger partial charge < -0.3 is 10.6 Å². The van der Waals surface area contributed by atoms with Gasteiger partial charge in [0, 0.05) is 25.2 Å². The van der Waals surface area contributed by atoms with Crippen molar-refractivity contribution in [3.63, 3.8) is 0 Å². The Morgan fingerprint density at radius 2 is 1.90 bits per heavy atom. The van der Waals surface area contributed by atoms with Crippen LogP contribution in [0.2, 0.25) is 0 Å². The first-order valence-corrected chi connectivity index (χ1v) is 6.31. The van der Waals surface area contributed by atoms with Crippen LogP contribution in [-0.2, 0) is 11.3 Å². The molecule has 2 aromatic rings. The number of anilines is 1. The Morgan fingerprint density at radius 3 is 2.57 bits per heavy atom. The summed E-state index contributed by atoms with van der Waals surface area (Å²) in [5.74, 6) is -0.559. The number of nitrogens with zero attached hydrogens (tertiary/aromatic N) is 1. The second kappa shape index (κ2) is 6.60. The molecule has 0 aliphatic heterocycles. The van der Waals surface area contributed by atoms with E-state index in [1.807, 2.05) is 0 Å². The summed E-state index contributed by atoms with van der Waals surface area (Å²) in [6.45, 7) is 1.65. The lowest BCUT2D eigenvalue weighted by Gasteiger charge is -2.07. The Kier molecular flexibility index (Phi) is 4.61. The number of carbonyl (C=O) groups excluding carboxylic acids is 2. The summed E-state index contributed by atoms with van der Waals surface area (Å²) < 4.78 is 12.8. The predicted molar refractivity (Wildman–Crippen MR) is 76.1 cm³/mol. The Hall–Kier alpha value is -2.76. The van der Waals surface area contributed by atoms with Crippen LogP contribution < -0.4 is 10.6 Å². The van der Waals surface area contributed by atoms with E-state index in [1.54, 1.807) is 18.2 Å². The van der Waals surface area contributed by atoms with Crippen molar-refractivity contribution >= 4 is 17.6 Å². The maximum atomic E-state index is 12.8. The molecule has 0 fully saturated rings. The first-order chi connectivity index (χ1) is 10.0. The molecule has 0 aliphatic carbocycles. The number of benzene rings is 1. The summed E-state index contributed by atoms with van der Waals surface area (Å²) in [5.41, 5.74) is 1.18. The van der Waals surface area contributed by atoms with E-state index >= 15 is 0 Å². The van der Waals surface area contributed by atoms with Crippen molar-refractivity contribution in [2.45, 2.75) is 13.5 Å². The maximum Gasteiger partial charge on any atom is 0.251 e. The lowest BCUT2D eigenvalue weighted by atomic mass is 10.2. The molecule has 0 unspecified atom stereocenters. The molecule has 1 aromatic heterocycles. The van der Waals surface area contributed by atoms with Crippen LogP contribution in [0.25, 0.3) is 0 Å². The molecular formula is C15H14FN3O2. The van der Waals surface area contributed by atoms with E-state index in [0.29, 0.717) is 11.4 Å². The zero-order valence-corrected chi connectivity index (χ0v) is 11.4. The molecule has 0 radical (unpaired) electrons. The summed E-state index contributed by atoms with van der Waals surface area (Å²) in [7, 11) is 0. The van der Waals surface area contributed by atoms with E-state index in [0.717, 1.165) is 5.56 Å². The fourth-order valence-corrected chi connectivity index (χ4v) is 1.71. The van der Waals surface area contributed by atoms with Gasteiger partial charge in [0.05, 0.1) is 0 Å². The van der Waals surface area contributed by atoms with Gasteiger partial charge in [-0.05, 0) is 29.8 Å². The molecule has 6 heteroatoms. The summed E-state index contributed by atoms with van der Waals surface area (Å²) in [6.07, 6.45) is 1.44. The van der Waals surface area contributed by atoms with Crippen molar-refractivity contribution in [2.24, 2.45) is 0 Å². The number of carbonyl (C=O) groups is 2. The molecule has 2 N–H and O–H groups in total. The van der Waals surface area contributed by atoms with Crippen molar-refractivity contribution in [2.75, 3.05) is 5.32 Å². The van der Waals surface area contributed by atoms with Gasteiger partial charge in [-0.2, -0.15) is 0 Å². The van der Waals surface area contributed by atoms with Gasteiger partial charge in [-0.15, -0.1) is 0 Å². The first kappa shape index (κ1) is 14.6. The van der Waals surface area contributed by atoms with Gasteiger partial charge in [-0.3, -0.25) is 9.59 Å². The monoisotopic (exact) mass is 287 g/mol. The summed E-state index contributed by atoms with van der Waals surface area (Å²) >= 11 is 0. The van der Waals surface area contributed by atoms with Gasteiger partial charge >= 0.3 is 0 Å². The smallest absolute Gasteiger partial charge is 0.251 e. The molecule has 2 amide bonds. The molecule has 1 aromatic carbocycles. The largest absolute Gasteiger partial charge is 0.348 e. The number of amides is 2. The van der Waals surface area contributed by atoms with Crippen LogP contribution in [0, 0.1) is 5.82 Å². The lowest BCUT2D eigenvalue weighted by Crippen LogP contribution is -2.23. The third-order valence-electron chi connectivity index (χ3n) is 2.69. The number of hydrogen-bond acceptors (Lipinski definition) is 3. The molecule has 0 spiro atoms. The molecule has 1 heterocycles. The third-order valence-corrected chi connectivity index (χ3v) is 2.69. The highest BCUT2D eigenvalue weighted by Crippen LogP contribution is 2.08. The summed E-state index contributed by atoms with van der Waals surface area (Å²) in [6, 6.07) is 8.91. The minimum absolute atomic E-state index is 0.258. The van der Waals surface area contributed by atoms with Gasteiger partial charge in [0.25, 0.3) is 5.91 Å². The van der Waals surface area contributed by atoms with Gasteiger partial charge in [0.15, 0.2) is 0 Å². The second-order valence-electron chi connectivity index (χ2n) is 4.42. The van der Waals surface area contributed by atoms with Gasteiger partial charge in [-0.1, -0.05) is 12.1 Å². The van der Waals surface area contributed by atoms with Crippen LogP contribution >= 0.6 is 0 Å². The molecule has 5 nitrogen and oxygen atoms in total. The first-order valence-electron chi connectivity index (χ1n) is 6.31. The molecular weight excluding hydrogens is 273 g/mol. The maximum absolute atomic E-state index is 12.8. The average Bonchev–Trinajstić information content (AvgIpc) is 2.46. The minimum Gasteiger partial charge on any atom is -0.348 e. The number of halogens is 1. The van der Waals surface area contributed by atoms with Crippen LogP contribution in [0.15, 0.2) is 42.6 Å². The van der Waals surface area contributed by atoms with Gasteiger partial charge in [0.1, 0.15) is 11.6 Å². The number of rotatable bonds is 4. The normalized spacial score (nSPS) is 10.0. The van der Waals surface area contributed by atoms with E-state index < -0.39 is 0 Å². The Morgan fingerprint density at radius 1 is 1.19 bits per heavy atom. The zero-order chi connectivity index (χ0) is 15.2. The zero-order valence-electron chi connectivity index (χ0n) is 11.4. The molecule has 21 heavy (non-hydrogen) atoms. The molecule has 0 aliphatic rings. The molecule has 0 saturated carbocycles. The lowest BCUT2D eigenvalue weighted by molar-refractivity contribution is -0.114. The number of pyridine rings is 1. The van der Waals surface area contributed by atoms with Crippen LogP contribution in [-0.4, -0.2) is 16.8 Å². The van der Waals surface area contributed by atoms with E-state index in [-0.39, 0.29) is 24.2 Å². The van der Waals surface area contributed by atoms with Crippen LogP contribution in [0.1, 0.15) is 22.8 Å². The predicted octanol–water partition coefficient (Wildman–Crippen LogP) is 2.11. The quantitative estimate of drug-likeness (QED) is 0.904. The number of nitrogens with one attached hydrogen (secondary N) is 2. The SMILES string of the molecule is CC(=O)Nc1cc(C(=O)NCc2ccc(F)cc2)ccn1. The summed E-state index contributed by atoms with van der Waals surface area (Å²) in [4.78, 5) is 26.9. The number of hydrogen-bond donors (Lipinski definition) is 2. The highest BCUT2D eigenvalue weighted by molar-refractivity contribution is 5.96. The Labute approximate surface area is 121 Å². The van der Waals surface area contributed by atoms with Crippen molar-refractivity contribution in [3.8, 4) is 0 Å². The van der Waals surface area contributed by atoms with Crippen LogP contribution in [0.5, 0.6) is 0 Å². The standard InChI is InChI=1S/C15H14FN3O2/c1-10(20)19-14-8-12(6-7-17-14)15(21)18-9-11-2-4-13(16)5-3-11/h2-8H,9H2,1H3,(H,18,21)(H,17,19,20). The van der Waals surface area contributed by atoms with Crippen molar-refractivity contribution in [1.82, 2.24) is 10.3 Å². The van der Waals surface area contributed by atoms with Crippen molar-refractivity contribution in [3.05, 3.63) is 59.5 Å². The molecule has 2 rings (SSSR count). The van der Waals surface area contributed by atoms with Crippen LogP contribution in [0.4, 0.5) is 10.2 Å². The fraction of sp³-hybridized carbons (Fsp3) is 0.133. The Bertz CT molecular complexity index is 656. The molecule has 0 atom stereocenters. The molecule has 0 bridgehead atoms. The minimum atomic E-state index is -0.320. The second-order valence-corrected chi connectivity index (χ2v) is 4.42. The van der Waals surface area contributed by atoms with Crippen molar-refractivity contribution in [1.29, 1.82) is 0 Å². The van der Waals surface area contributed by atoms with E-state index in [4.69, 9.17) is 0 Å². The van der Waals surface area contributed by atoms with Crippen molar-refractivity contribution < 1.29 is 14.0 Å². The highest BCUT2D eigenvalue weighted by Gasteiger charge is 2.07. The van der Waals surface area contributed by atoms with Gasteiger partial charge in [0.2, 0.25) is 5.91 Å². The third kappa shape index (κ3) is 4.38. The Balaban J connectivity index is 1.99. The topological polar surface area (TPSA) is 71.1 Å². The van der Waals surface area contributed by atoms with E-state index in [2.05, 4.69) is 15.6 Å². The fourth-order valence-electron chi connectivity index (χ4n) is 1.71. The average molecular weight is 287 g/mol. The highest BCUT2D eigenvalue weighted by atomic mass is 19.1. The molecule has 0 saturated heterocycles. The van der Waals surface area contributed by atoms with E-state index in [1.165, 1.54) is 31.3 Å². The number of aromatic nitrogens is 1. The van der Waals surface area contributed by atoms with Crippen LogP contribution in [0.3, 0.4) is 0 Å². The molecule has 108 valence electrons. The van der Waals surface area contributed by atoms with Gasteiger partial charge in [-0.25, -0.2) is 9.37 Å². The van der Waals surface area contributed by atoms with E-state index in [9.17, 15) is 14.0 Å².